The van der Waals surface area contributed by atoms with Gasteiger partial charge in [-0.25, -0.2) is 4.39 Å². The van der Waals surface area contributed by atoms with E-state index in [0.29, 0.717) is 17.7 Å². The quantitative estimate of drug-likeness (QED) is 0.884. The molecule has 0 fully saturated rings. The van der Waals surface area contributed by atoms with E-state index in [0.717, 1.165) is 5.56 Å². The van der Waals surface area contributed by atoms with Gasteiger partial charge < -0.3 is 9.84 Å². The predicted molar refractivity (Wildman–Crippen MR) is 72.9 cm³/mol. The lowest BCUT2D eigenvalue weighted by Crippen LogP contribution is -1.99. The lowest BCUT2D eigenvalue weighted by molar-refractivity contribution is 0.170. The third kappa shape index (κ3) is 3.12. The third-order valence-corrected chi connectivity index (χ3v) is 2.97. The number of benzene rings is 2. The van der Waals surface area contributed by atoms with Crippen molar-refractivity contribution in [1.29, 1.82) is 0 Å². The maximum absolute atomic E-state index is 13.7. The molecule has 2 nitrogen and oxygen atoms in total. The van der Waals surface area contributed by atoms with Gasteiger partial charge in [0.15, 0.2) is 11.6 Å². The van der Waals surface area contributed by atoms with E-state index in [-0.39, 0.29) is 5.75 Å². The Hall–Kier alpha value is -1.87. The molecule has 0 heterocycles. The molecule has 0 saturated heterocycles. The van der Waals surface area contributed by atoms with Crippen LogP contribution in [0.25, 0.3) is 0 Å². The van der Waals surface area contributed by atoms with E-state index in [2.05, 4.69) is 0 Å². The fourth-order valence-corrected chi connectivity index (χ4v) is 1.88. The van der Waals surface area contributed by atoms with Gasteiger partial charge in [-0.05, 0) is 37.1 Å². The molecular weight excluding hydrogens is 243 g/mol. The van der Waals surface area contributed by atoms with Crippen LogP contribution in [-0.2, 0) is 0 Å². The Morgan fingerprint density at radius 3 is 2.63 bits per heavy atom. The summed E-state index contributed by atoms with van der Waals surface area (Å²) in [6.07, 6.45) is -0.0273. The summed E-state index contributed by atoms with van der Waals surface area (Å²) in [5, 5.41) is 9.94. The van der Waals surface area contributed by atoms with Crippen molar-refractivity contribution in [2.24, 2.45) is 0 Å². The van der Waals surface area contributed by atoms with Gasteiger partial charge in [-0.2, -0.15) is 0 Å². The molecule has 0 amide bonds. The highest BCUT2D eigenvalue weighted by Gasteiger charge is 2.13. The average molecular weight is 260 g/mol. The summed E-state index contributed by atoms with van der Waals surface area (Å²) < 4.78 is 19.3. The molecule has 100 valence electrons. The lowest BCUT2D eigenvalue weighted by atomic mass is 10.1. The van der Waals surface area contributed by atoms with Crippen LogP contribution in [0.15, 0.2) is 42.5 Å². The topological polar surface area (TPSA) is 29.5 Å². The van der Waals surface area contributed by atoms with Gasteiger partial charge in [0, 0.05) is 5.56 Å². The first-order valence-electron chi connectivity index (χ1n) is 6.32. The molecule has 0 aliphatic heterocycles. The summed E-state index contributed by atoms with van der Waals surface area (Å²) >= 11 is 0. The Balaban J connectivity index is 2.35. The van der Waals surface area contributed by atoms with E-state index < -0.39 is 11.9 Å². The Morgan fingerprint density at radius 2 is 1.89 bits per heavy atom. The fourth-order valence-electron chi connectivity index (χ4n) is 1.88. The van der Waals surface area contributed by atoms with Crippen molar-refractivity contribution >= 4 is 0 Å². The molecule has 0 aliphatic carbocycles. The number of halogens is 1. The fraction of sp³-hybridized carbons (Fsp3) is 0.250. The molecule has 0 saturated carbocycles. The van der Waals surface area contributed by atoms with E-state index in [4.69, 9.17) is 4.74 Å². The van der Waals surface area contributed by atoms with Crippen LogP contribution in [0.2, 0.25) is 0 Å². The molecular formula is C16H17FO2. The molecule has 19 heavy (non-hydrogen) atoms. The molecule has 2 rings (SSSR count). The lowest BCUT2D eigenvalue weighted by Gasteiger charge is -2.15. The van der Waals surface area contributed by atoms with Crippen LogP contribution in [0.3, 0.4) is 0 Å². The Kier molecular flexibility index (Phi) is 4.17. The smallest absolute Gasteiger partial charge is 0.165 e. The normalized spacial score (nSPS) is 12.2. The minimum Gasteiger partial charge on any atom is -0.454 e. The molecule has 0 radical (unpaired) electrons. The number of hydrogen-bond acceptors (Lipinski definition) is 2. The van der Waals surface area contributed by atoms with Crippen molar-refractivity contribution < 1.29 is 14.2 Å². The van der Waals surface area contributed by atoms with Gasteiger partial charge in [-0.1, -0.05) is 31.2 Å². The van der Waals surface area contributed by atoms with Gasteiger partial charge in [0.1, 0.15) is 5.75 Å². The SMILES string of the molecule is CC[C@H](O)c1ccccc1Oc1cc(C)ccc1F. The summed E-state index contributed by atoms with van der Waals surface area (Å²) in [6, 6.07) is 11.9. The Bertz CT molecular complexity index is 566. The first kappa shape index (κ1) is 13.6. The molecule has 0 spiro atoms. The summed E-state index contributed by atoms with van der Waals surface area (Å²) in [4.78, 5) is 0. The molecule has 0 aromatic heterocycles. The van der Waals surface area contributed by atoms with Crippen LogP contribution in [0.4, 0.5) is 4.39 Å². The van der Waals surface area contributed by atoms with E-state index in [9.17, 15) is 9.50 Å². The second-order valence-electron chi connectivity index (χ2n) is 4.50. The molecule has 3 heteroatoms. The predicted octanol–water partition coefficient (Wildman–Crippen LogP) is 4.37. The largest absolute Gasteiger partial charge is 0.454 e. The van der Waals surface area contributed by atoms with Crippen molar-refractivity contribution in [1.82, 2.24) is 0 Å². The van der Waals surface area contributed by atoms with Crippen molar-refractivity contribution in [3.05, 3.63) is 59.4 Å². The van der Waals surface area contributed by atoms with E-state index in [1.54, 1.807) is 30.3 Å². The number of para-hydroxylation sites is 1. The molecule has 2 aromatic carbocycles. The highest BCUT2D eigenvalue weighted by atomic mass is 19.1. The van der Waals surface area contributed by atoms with Crippen molar-refractivity contribution in [2.75, 3.05) is 0 Å². The van der Waals surface area contributed by atoms with Gasteiger partial charge in [-0.15, -0.1) is 0 Å². The summed E-state index contributed by atoms with van der Waals surface area (Å²) in [5.74, 6) is 0.253. The van der Waals surface area contributed by atoms with Crippen molar-refractivity contribution in [2.45, 2.75) is 26.4 Å². The Labute approximate surface area is 112 Å². The molecule has 2 aromatic rings. The van der Waals surface area contributed by atoms with E-state index >= 15 is 0 Å². The number of aliphatic hydroxyl groups excluding tert-OH is 1. The highest BCUT2D eigenvalue weighted by molar-refractivity contribution is 5.40. The van der Waals surface area contributed by atoms with Crippen LogP contribution < -0.4 is 4.74 Å². The van der Waals surface area contributed by atoms with Crippen LogP contribution in [0.5, 0.6) is 11.5 Å². The zero-order chi connectivity index (χ0) is 13.8. The number of rotatable bonds is 4. The number of aryl methyl sites for hydroxylation is 1. The molecule has 0 unspecified atom stereocenters. The maximum Gasteiger partial charge on any atom is 0.165 e. The first-order chi connectivity index (χ1) is 9.11. The van der Waals surface area contributed by atoms with Crippen LogP contribution in [0.1, 0.15) is 30.6 Å². The van der Waals surface area contributed by atoms with Crippen LogP contribution in [0, 0.1) is 12.7 Å². The standard InChI is InChI=1S/C16H17FO2/c1-3-14(18)12-6-4-5-7-15(12)19-16-10-11(2)8-9-13(16)17/h4-10,14,18H,3H2,1-2H3/t14-/m0/s1. The second-order valence-corrected chi connectivity index (χ2v) is 4.50. The first-order valence-corrected chi connectivity index (χ1v) is 6.32. The van der Waals surface area contributed by atoms with Gasteiger partial charge >= 0.3 is 0 Å². The maximum atomic E-state index is 13.7. The number of aliphatic hydroxyl groups is 1. The van der Waals surface area contributed by atoms with Gasteiger partial charge in [0.2, 0.25) is 0 Å². The minimum absolute atomic E-state index is 0.177. The minimum atomic E-state index is -0.607. The third-order valence-electron chi connectivity index (χ3n) is 2.97. The molecule has 1 atom stereocenters. The van der Waals surface area contributed by atoms with Crippen molar-refractivity contribution in [3.63, 3.8) is 0 Å². The highest BCUT2D eigenvalue weighted by Crippen LogP contribution is 2.32. The summed E-state index contributed by atoms with van der Waals surface area (Å²) in [7, 11) is 0. The Morgan fingerprint density at radius 1 is 1.16 bits per heavy atom. The second kappa shape index (κ2) is 5.85. The van der Waals surface area contributed by atoms with Gasteiger partial charge in [-0.3, -0.25) is 0 Å². The zero-order valence-corrected chi connectivity index (χ0v) is 11.1. The van der Waals surface area contributed by atoms with Crippen LogP contribution in [-0.4, -0.2) is 5.11 Å². The van der Waals surface area contributed by atoms with Crippen LogP contribution >= 0.6 is 0 Å². The van der Waals surface area contributed by atoms with Crippen molar-refractivity contribution in [3.8, 4) is 11.5 Å². The average Bonchev–Trinajstić information content (AvgIpc) is 2.42. The molecule has 0 aliphatic rings. The monoisotopic (exact) mass is 260 g/mol. The van der Waals surface area contributed by atoms with Gasteiger partial charge in [0.05, 0.1) is 6.10 Å². The summed E-state index contributed by atoms with van der Waals surface area (Å²) in [5.41, 5.74) is 1.59. The molecule has 1 N–H and O–H groups in total. The van der Waals surface area contributed by atoms with E-state index in [1.165, 1.54) is 6.07 Å². The summed E-state index contributed by atoms with van der Waals surface area (Å²) in [6.45, 7) is 3.76. The number of ether oxygens (including phenoxy) is 1. The number of hydrogen-bond donors (Lipinski definition) is 1. The van der Waals surface area contributed by atoms with E-state index in [1.807, 2.05) is 19.9 Å². The van der Waals surface area contributed by atoms with Gasteiger partial charge in [0.25, 0.3) is 0 Å². The zero-order valence-electron chi connectivity index (χ0n) is 11.1. The molecule has 0 bridgehead atoms.